The van der Waals surface area contributed by atoms with E-state index < -0.39 is 0 Å². The SMILES string of the molecule is Oc1cccc(C2Nc3ccccc3C3OCCCC23)c1. The van der Waals surface area contributed by atoms with Crippen LogP contribution in [0.1, 0.15) is 36.1 Å². The average Bonchev–Trinajstić information content (AvgIpc) is 2.54. The van der Waals surface area contributed by atoms with E-state index in [0.29, 0.717) is 11.7 Å². The van der Waals surface area contributed by atoms with Crippen molar-refractivity contribution in [3.63, 3.8) is 0 Å². The number of anilines is 1. The molecule has 3 nitrogen and oxygen atoms in total. The summed E-state index contributed by atoms with van der Waals surface area (Å²) in [5.74, 6) is 0.733. The average molecular weight is 281 g/mol. The lowest BCUT2D eigenvalue weighted by molar-refractivity contribution is -0.0381. The topological polar surface area (TPSA) is 41.5 Å². The zero-order chi connectivity index (χ0) is 14.2. The molecule has 21 heavy (non-hydrogen) atoms. The highest BCUT2D eigenvalue weighted by Gasteiger charge is 2.39. The maximum atomic E-state index is 9.78. The number of aromatic hydroxyl groups is 1. The highest BCUT2D eigenvalue weighted by molar-refractivity contribution is 5.57. The van der Waals surface area contributed by atoms with Crippen LogP contribution in [0.3, 0.4) is 0 Å². The van der Waals surface area contributed by atoms with Crippen molar-refractivity contribution in [2.24, 2.45) is 5.92 Å². The Balaban J connectivity index is 1.78. The summed E-state index contributed by atoms with van der Waals surface area (Å²) in [6, 6.07) is 16.1. The van der Waals surface area contributed by atoms with Crippen LogP contribution in [0.25, 0.3) is 0 Å². The van der Waals surface area contributed by atoms with Crippen LogP contribution in [-0.4, -0.2) is 11.7 Å². The van der Waals surface area contributed by atoms with Gasteiger partial charge in [0.05, 0.1) is 12.1 Å². The quantitative estimate of drug-likeness (QED) is 0.829. The van der Waals surface area contributed by atoms with Crippen LogP contribution in [0, 0.1) is 5.92 Å². The van der Waals surface area contributed by atoms with Gasteiger partial charge in [-0.25, -0.2) is 0 Å². The molecule has 4 rings (SSSR count). The third-order valence-electron chi connectivity index (χ3n) is 4.60. The van der Waals surface area contributed by atoms with Crippen LogP contribution < -0.4 is 5.32 Å². The first-order valence-electron chi connectivity index (χ1n) is 7.59. The molecule has 1 fully saturated rings. The first kappa shape index (κ1) is 12.7. The van der Waals surface area contributed by atoms with Crippen molar-refractivity contribution in [3.05, 3.63) is 59.7 Å². The molecule has 2 N–H and O–H groups in total. The number of fused-ring (bicyclic) bond motifs is 3. The number of hydrogen-bond donors (Lipinski definition) is 2. The zero-order valence-corrected chi connectivity index (χ0v) is 11.8. The van der Waals surface area contributed by atoms with Gasteiger partial charge in [-0.2, -0.15) is 0 Å². The summed E-state index contributed by atoms with van der Waals surface area (Å²) < 4.78 is 6.09. The van der Waals surface area contributed by atoms with E-state index in [4.69, 9.17) is 4.74 Å². The Morgan fingerprint density at radius 2 is 2.00 bits per heavy atom. The second-order valence-corrected chi connectivity index (χ2v) is 5.90. The molecule has 3 atom stereocenters. The number of para-hydroxylation sites is 1. The van der Waals surface area contributed by atoms with E-state index in [9.17, 15) is 5.11 Å². The summed E-state index contributed by atoms with van der Waals surface area (Å²) in [7, 11) is 0. The second-order valence-electron chi connectivity index (χ2n) is 5.90. The molecule has 2 aliphatic rings. The molecule has 2 aliphatic heterocycles. The lowest BCUT2D eigenvalue weighted by Crippen LogP contribution is -2.35. The van der Waals surface area contributed by atoms with E-state index in [1.807, 2.05) is 12.1 Å². The summed E-state index contributed by atoms with van der Waals surface area (Å²) in [6.07, 6.45) is 2.40. The predicted molar refractivity (Wildman–Crippen MR) is 82.3 cm³/mol. The van der Waals surface area contributed by atoms with Gasteiger partial charge in [-0.3, -0.25) is 0 Å². The minimum atomic E-state index is 0.156. The summed E-state index contributed by atoms with van der Waals surface area (Å²) >= 11 is 0. The number of hydrogen-bond acceptors (Lipinski definition) is 3. The smallest absolute Gasteiger partial charge is 0.115 e. The molecule has 0 saturated carbocycles. The third-order valence-corrected chi connectivity index (χ3v) is 4.60. The molecule has 0 radical (unpaired) electrons. The molecule has 2 heterocycles. The van der Waals surface area contributed by atoms with Crippen molar-refractivity contribution < 1.29 is 9.84 Å². The summed E-state index contributed by atoms with van der Waals surface area (Å²) in [6.45, 7) is 0.836. The molecule has 0 aliphatic carbocycles. The van der Waals surface area contributed by atoms with Crippen molar-refractivity contribution in [3.8, 4) is 5.75 Å². The summed E-state index contributed by atoms with van der Waals surface area (Å²) in [4.78, 5) is 0. The number of phenols is 1. The minimum absolute atomic E-state index is 0.156. The number of nitrogens with one attached hydrogen (secondary N) is 1. The van der Waals surface area contributed by atoms with Crippen molar-refractivity contribution in [1.29, 1.82) is 0 Å². The van der Waals surface area contributed by atoms with Crippen molar-refractivity contribution in [2.75, 3.05) is 11.9 Å². The number of benzene rings is 2. The number of rotatable bonds is 1. The molecule has 0 bridgehead atoms. The standard InChI is InChI=1S/C18H19NO2/c20-13-6-3-5-12(11-13)17-15-8-4-10-21-18(15)14-7-1-2-9-16(14)19-17/h1-3,5-7,9,11,15,17-20H,4,8,10H2. The maximum absolute atomic E-state index is 9.78. The molecule has 0 amide bonds. The molecule has 0 spiro atoms. The Bertz CT molecular complexity index is 655. The lowest BCUT2D eigenvalue weighted by Gasteiger charge is -2.43. The Morgan fingerprint density at radius 1 is 1.10 bits per heavy atom. The third kappa shape index (κ3) is 2.18. The van der Waals surface area contributed by atoms with Gasteiger partial charge in [0.1, 0.15) is 5.75 Å². The molecule has 1 saturated heterocycles. The fourth-order valence-electron chi connectivity index (χ4n) is 3.67. The molecule has 3 unspecified atom stereocenters. The van der Waals surface area contributed by atoms with Crippen LogP contribution >= 0.6 is 0 Å². The highest BCUT2D eigenvalue weighted by atomic mass is 16.5. The van der Waals surface area contributed by atoms with E-state index in [1.54, 1.807) is 6.07 Å². The normalized spacial score (nSPS) is 27.3. The van der Waals surface area contributed by atoms with Gasteiger partial charge in [0, 0.05) is 23.8 Å². The van der Waals surface area contributed by atoms with Crippen LogP contribution in [0.2, 0.25) is 0 Å². The summed E-state index contributed by atoms with van der Waals surface area (Å²) in [5.41, 5.74) is 3.54. The Hall–Kier alpha value is -2.00. The number of phenolic OH excluding ortho intramolecular Hbond substituents is 1. The van der Waals surface area contributed by atoms with Gasteiger partial charge in [-0.15, -0.1) is 0 Å². The Morgan fingerprint density at radius 3 is 2.90 bits per heavy atom. The fraction of sp³-hybridized carbons (Fsp3) is 0.333. The first-order valence-corrected chi connectivity index (χ1v) is 7.59. The van der Waals surface area contributed by atoms with Gasteiger partial charge in [-0.05, 0) is 36.6 Å². The monoisotopic (exact) mass is 281 g/mol. The second kappa shape index (κ2) is 5.08. The van der Waals surface area contributed by atoms with Crippen LogP contribution in [-0.2, 0) is 4.74 Å². The Labute approximate surface area is 124 Å². The zero-order valence-electron chi connectivity index (χ0n) is 11.8. The van der Waals surface area contributed by atoms with Crippen molar-refractivity contribution >= 4 is 5.69 Å². The predicted octanol–water partition coefficient (Wildman–Crippen LogP) is 4.03. The van der Waals surface area contributed by atoms with E-state index in [2.05, 4.69) is 35.6 Å². The van der Waals surface area contributed by atoms with E-state index in [-0.39, 0.29) is 12.1 Å². The van der Waals surface area contributed by atoms with Gasteiger partial charge in [0.15, 0.2) is 0 Å². The molecule has 3 heteroatoms. The van der Waals surface area contributed by atoms with Crippen LogP contribution in [0.15, 0.2) is 48.5 Å². The van der Waals surface area contributed by atoms with Gasteiger partial charge in [-0.1, -0.05) is 30.3 Å². The highest BCUT2D eigenvalue weighted by Crippen LogP contribution is 2.49. The van der Waals surface area contributed by atoms with Crippen LogP contribution in [0.4, 0.5) is 5.69 Å². The summed E-state index contributed by atoms with van der Waals surface area (Å²) in [5, 5.41) is 13.4. The maximum Gasteiger partial charge on any atom is 0.115 e. The molecule has 108 valence electrons. The molecule has 0 aromatic heterocycles. The van der Waals surface area contributed by atoms with E-state index >= 15 is 0 Å². The largest absolute Gasteiger partial charge is 0.508 e. The van der Waals surface area contributed by atoms with Gasteiger partial charge in [0.2, 0.25) is 0 Å². The lowest BCUT2D eigenvalue weighted by atomic mass is 9.77. The van der Waals surface area contributed by atoms with Gasteiger partial charge >= 0.3 is 0 Å². The molecular weight excluding hydrogens is 262 g/mol. The van der Waals surface area contributed by atoms with E-state index in [0.717, 1.165) is 30.7 Å². The van der Waals surface area contributed by atoms with Crippen molar-refractivity contribution in [1.82, 2.24) is 0 Å². The van der Waals surface area contributed by atoms with E-state index in [1.165, 1.54) is 5.56 Å². The number of ether oxygens (including phenoxy) is 1. The first-order chi connectivity index (χ1) is 10.3. The van der Waals surface area contributed by atoms with Crippen LogP contribution in [0.5, 0.6) is 5.75 Å². The molecule has 2 aromatic rings. The minimum Gasteiger partial charge on any atom is -0.508 e. The van der Waals surface area contributed by atoms with Gasteiger partial charge < -0.3 is 15.2 Å². The molecular formula is C18H19NO2. The fourth-order valence-corrected chi connectivity index (χ4v) is 3.67. The Kier molecular flexibility index (Phi) is 3.08. The van der Waals surface area contributed by atoms with Crippen molar-refractivity contribution in [2.45, 2.75) is 25.0 Å². The molecule has 2 aromatic carbocycles. The van der Waals surface area contributed by atoms with Gasteiger partial charge in [0.25, 0.3) is 0 Å².